The first-order valence-corrected chi connectivity index (χ1v) is 10.4. The van der Waals surface area contributed by atoms with E-state index in [9.17, 15) is 9.59 Å². The highest BCUT2D eigenvalue weighted by Gasteiger charge is 2.18. The third kappa shape index (κ3) is 6.49. The Kier molecular flexibility index (Phi) is 8.09. The monoisotopic (exact) mass is 411 g/mol. The molecule has 0 spiro atoms. The van der Waals surface area contributed by atoms with E-state index in [1.807, 2.05) is 24.3 Å². The van der Waals surface area contributed by atoms with Crippen LogP contribution in [0.25, 0.3) is 0 Å². The van der Waals surface area contributed by atoms with Gasteiger partial charge in [-0.1, -0.05) is 13.3 Å². The third-order valence-electron chi connectivity index (χ3n) is 4.79. The maximum absolute atomic E-state index is 12.5. The lowest BCUT2D eigenvalue weighted by Gasteiger charge is -2.26. The van der Waals surface area contributed by atoms with Gasteiger partial charge in [0.2, 0.25) is 5.91 Å². The highest BCUT2D eigenvalue weighted by atomic mass is 16.5. The number of hydrogen-bond donors (Lipinski definition) is 2. The molecule has 2 aromatic carbocycles. The third-order valence-corrected chi connectivity index (χ3v) is 4.79. The van der Waals surface area contributed by atoms with Gasteiger partial charge in [0.15, 0.2) is 0 Å². The molecule has 1 fully saturated rings. The molecular formula is C23H29N3O4. The van der Waals surface area contributed by atoms with Gasteiger partial charge < -0.3 is 25.0 Å². The van der Waals surface area contributed by atoms with Crippen LogP contribution in [0.15, 0.2) is 48.5 Å². The van der Waals surface area contributed by atoms with Gasteiger partial charge in [0.25, 0.3) is 5.91 Å². The summed E-state index contributed by atoms with van der Waals surface area (Å²) in [5.74, 6) is 0.649. The number of nitrogens with one attached hydrogen (secondary N) is 2. The minimum absolute atomic E-state index is 0.0139. The number of unbranched alkanes of at least 4 members (excludes halogenated alkanes) is 1. The van der Waals surface area contributed by atoms with E-state index < -0.39 is 0 Å². The van der Waals surface area contributed by atoms with Crippen molar-refractivity contribution in [1.82, 2.24) is 4.90 Å². The Morgan fingerprint density at radius 2 is 1.67 bits per heavy atom. The number of amides is 2. The normalized spacial score (nSPS) is 13.6. The molecule has 7 heteroatoms. The van der Waals surface area contributed by atoms with Crippen LogP contribution in [0.4, 0.5) is 11.4 Å². The molecule has 1 aliphatic rings. The average molecular weight is 412 g/mol. The number of hydrogen-bond acceptors (Lipinski definition) is 5. The summed E-state index contributed by atoms with van der Waals surface area (Å²) in [6.45, 7) is 5.33. The minimum Gasteiger partial charge on any atom is -0.494 e. The molecule has 7 nitrogen and oxygen atoms in total. The van der Waals surface area contributed by atoms with Crippen LogP contribution in [0, 0.1) is 0 Å². The number of carbonyl (C=O) groups is 2. The van der Waals surface area contributed by atoms with Gasteiger partial charge in [-0.25, -0.2) is 0 Å². The van der Waals surface area contributed by atoms with Crippen LogP contribution < -0.4 is 15.4 Å². The smallest absolute Gasteiger partial charge is 0.254 e. The van der Waals surface area contributed by atoms with E-state index in [1.54, 1.807) is 29.2 Å². The molecule has 3 rings (SSSR count). The maximum atomic E-state index is 12.5. The average Bonchev–Trinajstić information content (AvgIpc) is 2.79. The second-order valence-corrected chi connectivity index (χ2v) is 7.11. The molecule has 30 heavy (non-hydrogen) atoms. The molecule has 0 bridgehead atoms. The Balaban J connectivity index is 1.43. The van der Waals surface area contributed by atoms with E-state index >= 15 is 0 Å². The SMILES string of the molecule is CCCCOc1ccc(NCC(=O)Nc2ccc(C(=O)N3CCOCC3)cc2)cc1. The second kappa shape index (κ2) is 11.2. The van der Waals surface area contributed by atoms with Gasteiger partial charge in [0.1, 0.15) is 5.75 Å². The summed E-state index contributed by atoms with van der Waals surface area (Å²) in [4.78, 5) is 26.4. The molecule has 2 N–H and O–H groups in total. The predicted molar refractivity (Wildman–Crippen MR) is 117 cm³/mol. The largest absolute Gasteiger partial charge is 0.494 e. The number of ether oxygens (including phenoxy) is 2. The summed E-state index contributed by atoms with van der Waals surface area (Å²) >= 11 is 0. The first-order valence-electron chi connectivity index (χ1n) is 10.4. The van der Waals surface area contributed by atoms with E-state index in [-0.39, 0.29) is 18.4 Å². The van der Waals surface area contributed by atoms with E-state index in [2.05, 4.69) is 17.6 Å². The first kappa shape index (κ1) is 21.6. The van der Waals surface area contributed by atoms with Crippen molar-refractivity contribution < 1.29 is 19.1 Å². The van der Waals surface area contributed by atoms with E-state index in [0.717, 1.165) is 24.3 Å². The first-order chi connectivity index (χ1) is 14.7. The van der Waals surface area contributed by atoms with Gasteiger partial charge in [-0.3, -0.25) is 9.59 Å². The molecular weight excluding hydrogens is 382 g/mol. The van der Waals surface area contributed by atoms with Crippen LogP contribution >= 0.6 is 0 Å². The van der Waals surface area contributed by atoms with Crippen molar-refractivity contribution in [2.45, 2.75) is 19.8 Å². The zero-order valence-electron chi connectivity index (χ0n) is 17.4. The summed E-state index contributed by atoms with van der Waals surface area (Å²) in [5, 5.41) is 5.92. The van der Waals surface area contributed by atoms with Crippen LogP contribution in [0.3, 0.4) is 0 Å². The van der Waals surface area contributed by atoms with Gasteiger partial charge >= 0.3 is 0 Å². The van der Waals surface area contributed by atoms with Crippen molar-refractivity contribution >= 4 is 23.2 Å². The van der Waals surface area contributed by atoms with Crippen LogP contribution in [-0.4, -0.2) is 56.2 Å². The van der Waals surface area contributed by atoms with Crippen molar-refractivity contribution in [3.8, 4) is 5.75 Å². The molecule has 1 heterocycles. The van der Waals surface area contributed by atoms with Crippen LogP contribution in [-0.2, 0) is 9.53 Å². The fourth-order valence-corrected chi connectivity index (χ4v) is 3.04. The Hall–Kier alpha value is -3.06. The van der Waals surface area contributed by atoms with Gasteiger partial charge in [-0.15, -0.1) is 0 Å². The van der Waals surface area contributed by atoms with Crippen LogP contribution in [0.1, 0.15) is 30.1 Å². The fourth-order valence-electron chi connectivity index (χ4n) is 3.04. The Morgan fingerprint density at radius 1 is 1.00 bits per heavy atom. The number of carbonyl (C=O) groups excluding carboxylic acids is 2. The molecule has 0 radical (unpaired) electrons. The predicted octanol–water partition coefficient (Wildman–Crippen LogP) is 3.39. The molecule has 0 atom stereocenters. The van der Waals surface area contributed by atoms with E-state index in [0.29, 0.717) is 44.2 Å². The van der Waals surface area contributed by atoms with Gasteiger partial charge in [0.05, 0.1) is 26.4 Å². The van der Waals surface area contributed by atoms with E-state index in [1.165, 1.54) is 0 Å². The van der Waals surface area contributed by atoms with Crippen molar-refractivity contribution in [1.29, 1.82) is 0 Å². The Bertz CT molecular complexity index is 815. The molecule has 160 valence electrons. The standard InChI is InChI=1S/C23H29N3O4/c1-2-3-14-30-21-10-8-19(9-11-21)24-17-22(27)25-20-6-4-18(5-7-20)23(28)26-12-15-29-16-13-26/h4-11,24H,2-3,12-17H2,1H3,(H,25,27). The van der Waals surface area contributed by atoms with Crippen molar-refractivity contribution in [2.75, 3.05) is 50.1 Å². The van der Waals surface area contributed by atoms with Crippen molar-refractivity contribution in [3.63, 3.8) is 0 Å². The number of nitrogens with zero attached hydrogens (tertiary/aromatic N) is 1. The number of morpholine rings is 1. The number of anilines is 2. The highest BCUT2D eigenvalue weighted by Crippen LogP contribution is 2.16. The summed E-state index contributed by atoms with van der Waals surface area (Å²) < 4.78 is 10.9. The number of rotatable bonds is 9. The number of benzene rings is 2. The van der Waals surface area contributed by atoms with Crippen molar-refractivity contribution in [3.05, 3.63) is 54.1 Å². The van der Waals surface area contributed by atoms with Gasteiger partial charge in [-0.05, 0) is 55.0 Å². The summed E-state index contributed by atoms with van der Waals surface area (Å²) in [5.41, 5.74) is 2.11. The zero-order valence-corrected chi connectivity index (χ0v) is 17.4. The molecule has 0 saturated carbocycles. The van der Waals surface area contributed by atoms with E-state index in [4.69, 9.17) is 9.47 Å². The maximum Gasteiger partial charge on any atom is 0.254 e. The molecule has 2 aromatic rings. The molecule has 2 amide bonds. The Morgan fingerprint density at radius 3 is 2.33 bits per heavy atom. The lowest BCUT2D eigenvalue weighted by atomic mass is 10.1. The van der Waals surface area contributed by atoms with Gasteiger partial charge in [0, 0.05) is 30.0 Å². The lowest BCUT2D eigenvalue weighted by molar-refractivity contribution is -0.114. The quantitative estimate of drug-likeness (QED) is 0.619. The summed E-state index contributed by atoms with van der Waals surface area (Å²) in [6, 6.07) is 14.5. The minimum atomic E-state index is -0.162. The fraction of sp³-hybridized carbons (Fsp3) is 0.391. The molecule has 0 unspecified atom stereocenters. The molecule has 0 aliphatic carbocycles. The summed E-state index contributed by atoms with van der Waals surface area (Å²) in [6.07, 6.45) is 2.13. The molecule has 1 aliphatic heterocycles. The zero-order chi connectivity index (χ0) is 21.2. The van der Waals surface area contributed by atoms with Gasteiger partial charge in [-0.2, -0.15) is 0 Å². The lowest BCUT2D eigenvalue weighted by Crippen LogP contribution is -2.40. The highest BCUT2D eigenvalue weighted by molar-refractivity contribution is 5.96. The van der Waals surface area contributed by atoms with Crippen LogP contribution in [0.5, 0.6) is 5.75 Å². The summed E-state index contributed by atoms with van der Waals surface area (Å²) in [7, 11) is 0. The molecule has 0 aromatic heterocycles. The van der Waals surface area contributed by atoms with Crippen LogP contribution in [0.2, 0.25) is 0 Å². The second-order valence-electron chi connectivity index (χ2n) is 7.11. The Labute approximate surface area is 177 Å². The van der Waals surface area contributed by atoms with Crippen molar-refractivity contribution in [2.24, 2.45) is 0 Å². The topological polar surface area (TPSA) is 79.9 Å². The molecule has 1 saturated heterocycles.